The predicted molar refractivity (Wildman–Crippen MR) is 135 cm³/mol. The third-order valence-corrected chi connectivity index (χ3v) is 5.68. The van der Waals surface area contributed by atoms with Crippen molar-refractivity contribution in [2.24, 2.45) is 0 Å². The molecule has 0 saturated carbocycles. The molecule has 0 fully saturated rings. The fraction of sp³-hybridized carbons (Fsp3) is 0.143. The molecule has 178 valence electrons. The first-order chi connectivity index (χ1) is 16.8. The molecule has 0 saturated heterocycles. The Bertz CT molecular complexity index is 1360. The molecule has 7 heteroatoms. The van der Waals surface area contributed by atoms with Crippen LogP contribution in [0.2, 0.25) is 0 Å². The molecule has 0 amide bonds. The molecule has 35 heavy (non-hydrogen) atoms. The Morgan fingerprint density at radius 2 is 1.46 bits per heavy atom. The number of hydrogen-bond acceptors (Lipinski definition) is 6. The van der Waals surface area contributed by atoms with Crippen molar-refractivity contribution < 1.29 is 24.5 Å². The molecular formula is C28H26N2O5. The second-order valence-electron chi connectivity index (χ2n) is 8.14. The van der Waals surface area contributed by atoms with Crippen molar-refractivity contribution in [1.29, 1.82) is 0 Å². The highest BCUT2D eigenvalue weighted by Gasteiger charge is 2.30. The Morgan fingerprint density at radius 1 is 0.857 bits per heavy atom. The van der Waals surface area contributed by atoms with Gasteiger partial charge in [0.1, 0.15) is 0 Å². The van der Waals surface area contributed by atoms with Gasteiger partial charge < -0.3 is 19.8 Å². The molecule has 1 heterocycles. The number of nitrogens with zero attached hydrogens (tertiary/aromatic N) is 2. The van der Waals surface area contributed by atoms with Crippen molar-refractivity contribution >= 4 is 17.4 Å². The monoisotopic (exact) mass is 470 g/mol. The van der Waals surface area contributed by atoms with Gasteiger partial charge in [-0.15, -0.1) is 0 Å². The standard InChI is InChI=1S/C28H26N2O5/c1-4-35-28(34)20-12-16-22(17-13-20)30-24(18-8-6-5-7-9-18)23(26(32)27(30)33)25(31)19-10-14-21(15-11-19)29(2)3/h5-17,32-33H,4H2,1-3H3. The number of benzene rings is 3. The first kappa shape index (κ1) is 23.6. The number of anilines is 1. The average Bonchev–Trinajstić information content (AvgIpc) is 3.14. The van der Waals surface area contributed by atoms with Crippen molar-refractivity contribution in [1.82, 2.24) is 4.57 Å². The van der Waals surface area contributed by atoms with E-state index in [0.717, 1.165) is 5.69 Å². The number of ether oxygens (including phenoxy) is 1. The first-order valence-electron chi connectivity index (χ1n) is 11.1. The first-order valence-corrected chi connectivity index (χ1v) is 11.1. The van der Waals surface area contributed by atoms with E-state index in [1.807, 2.05) is 49.3 Å². The largest absolute Gasteiger partial charge is 0.503 e. The van der Waals surface area contributed by atoms with Gasteiger partial charge in [-0.2, -0.15) is 0 Å². The molecule has 0 unspecified atom stereocenters. The number of carbonyl (C=O) groups excluding carboxylic acids is 2. The Balaban J connectivity index is 1.88. The normalized spacial score (nSPS) is 10.7. The Kier molecular flexibility index (Phi) is 6.59. The van der Waals surface area contributed by atoms with Gasteiger partial charge in [-0.25, -0.2) is 4.79 Å². The molecule has 0 aliphatic rings. The average molecular weight is 471 g/mol. The number of rotatable bonds is 7. The van der Waals surface area contributed by atoms with Crippen LogP contribution >= 0.6 is 0 Å². The fourth-order valence-electron chi connectivity index (χ4n) is 3.90. The second kappa shape index (κ2) is 9.77. The van der Waals surface area contributed by atoms with Crippen LogP contribution in [0.1, 0.15) is 33.2 Å². The number of hydrogen-bond donors (Lipinski definition) is 2. The quantitative estimate of drug-likeness (QED) is 0.291. The van der Waals surface area contributed by atoms with Crippen LogP contribution in [0.3, 0.4) is 0 Å². The molecule has 0 atom stereocenters. The minimum Gasteiger partial charge on any atom is -0.503 e. The summed E-state index contributed by atoms with van der Waals surface area (Å²) in [6.07, 6.45) is 0. The summed E-state index contributed by atoms with van der Waals surface area (Å²) in [4.78, 5) is 27.6. The fourth-order valence-corrected chi connectivity index (χ4v) is 3.90. The summed E-state index contributed by atoms with van der Waals surface area (Å²) in [5, 5.41) is 21.9. The lowest BCUT2D eigenvalue weighted by Gasteiger charge is -2.14. The molecule has 3 aromatic carbocycles. The van der Waals surface area contributed by atoms with Crippen LogP contribution in [0.25, 0.3) is 16.9 Å². The summed E-state index contributed by atoms with van der Waals surface area (Å²) in [5.41, 5.74) is 3.07. The number of ketones is 1. The maximum Gasteiger partial charge on any atom is 0.338 e. The SMILES string of the molecule is CCOC(=O)c1ccc(-n2c(O)c(O)c(C(=O)c3ccc(N(C)C)cc3)c2-c2ccccc2)cc1. The van der Waals surface area contributed by atoms with Crippen LogP contribution in [0.5, 0.6) is 11.6 Å². The van der Waals surface area contributed by atoms with E-state index in [4.69, 9.17) is 4.74 Å². The number of aromatic hydroxyl groups is 2. The van der Waals surface area contributed by atoms with E-state index >= 15 is 0 Å². The van der Waals surface area contributed by atoms with Crippen molar-refractivity contribution in [3.8, 4) is 28.6 Å². The van der Waals surface area contributed by atoms with Gasteiger partial charge in [0, 0.05) is 31.0 Å². The highest BCUT2D eigenvalue weighted by molar-refractivity contribution is 6.15. The topological polar surface area (TPSA) is 92.0 Å². The van der Waals surface area contributed by atoms with Crippen LogP contribution < -0.4 is 4.90 Å². The van der Waals surface area contributed by atoms with Gasteiger partial charge in [0.05, 0.1) is 23.4 Å². The summed E-state index contributed by atoms with van der Waals surface area (Å²) < 4.78 is 6.44. The Morgan fingerprint density at radius 3 is 2.03 bits per heavy atom. The number of aromatic nitrogens is 1. The van der Waals surface area contributed by atoms with Gasteiger partial charge >= 0.3 is 5.97 Å². The van der Waals surface area contributed by atoms with Crippen LogP contribution in [0, 0.1) is 0 Å². The lowest BCUT2D eigenvalue weighted by atomic mass is 9.99. The third kappa shape index (κ3) is 4.48. The second-order valence-corrected chi connectivity index (χ2v) is 8.14. The smallest absolute Gasteiger partial charge is 0.338 e. The van der Waals surface area contributed by atoms with Gasteiger partial charge in [-0.3, -0.25) is 9.36 Å². The molecule has 0 aliphatic carbocycles. The lowest BCUT2D eigenvalue weighted by molar-refractivity contribution is 0.0526. The van der Waals surface area contributed by atoms with Crippen LogP contribution in [-0.2, 0) is 4.74 Å². The van der Waals surface area contributed by atoms with Gasteiger partial charge in [-0.1, -0.05) is 30.3 Å². The van der Waals surface area contributed by atoms with E-state index in [9.17, 15) is 19.8 Å². The van der Waals surface area contributed by atoms with E-state index in [0.29, 0.717) is 28.1 Å². The minimum atomic E-state index is -0.514. The van der Waals surface area contributed by atoms with Crippen molar-refractivity contribution in [2.45, 2.75) is 6.92 Å². The zero-order chi connectivity index (χ0) is 25.1. The molecular weight excluding hydrogens is 444 g/mol. The molecule has 7 nitrogen and oxygen atoms in total. The van der Waals surface area contributed by atoms with E-state index in [-0.39, 0.29) is 12.2 Å². The number of esters is 1. The van der Waals surface area contributed by atoms with Crippen LogP contribution in [-0.4, -0.2) is 47.2 Å². The van der Waals surface area contributed by atoms with Gasteiger partial charge in [0.25, 0.3) is 0 Å². The van der Waals surface area contributed by atoms with E-state index in [2.05, 4.69) is 0 Å². The zero-order valence-corrected chi connectivity index (χ0v) is 19.7. The zero-order valence-electron chi connectivity index (χ0n) is 19.7. The molecule has 4 aromatic rings. The summed E-state index contributed by atoms with van der Waals surface area (Å²) in [7, 11) is 3.81. The minimum absolute atomic E-state index is 0.0132. The number of carbonyl (C=O) groups is 2. The molecule has 0 radical (unpaired) electrons. The van der Waals surface area contributed by atoms with Crippen molar-refractivity contribution in [2.75, 3.05) is 25.6 Å². The molecule has 4 rings (SSSR count). The summed E-state index contributed by atoms with van der Waals surface area (Å²) in [6, 6.07) is 22.4. The molecule has 1 aromatic heterocycles. The summed E-state index contributed by atoms with van der Waals surface area (Å²) in [5.74, 6) is -1.87. The van der Waals surface area contributed by atoms with Gasteiger partial charge in [-0.05, 0) is 61.0 Å². The van der Waals surface area contributed by atoms with Gasteiger partial charge in [0.15, 0.2) is 11.5 Å². The molecule has 0 spiro atoms. The molecule has 2 N–H and O–H groups in total. The Hall–Kier alpha value is -4.52. The van der Waals surface area contributed by atoms with Crippen LogP contribution in [0.4, 0.5) is 5.69 Å². The maximum absolute atomic E-state index is 13.6. The van der Waals surface area contributed by atoms with E-state index in [1.165, 1.54) is 4.57 Å². The maximum atomic E-state index is 13.6. The van der Waals surface area contributed by atoms with E-state index < -0.39 is 23.4 Å². The predicted octanol–water partition coefficient (Wildman–Crippen LogP) is 5.03. The highest BCUT2D eigenvalue weighted by atomic mass is 16.5. The van der Waals surface area contributed by atoms with Crippen molar-refractivity contribution in [3.05, 3.63) is 95.6 Å². The van der Waals surface area contributed by atoms with Gasteiger partial charge in [0.2, 0.25) is 5.88 Å². The molecule has 0 bridgehead atoms. The third-order valence-electron chi connectivity index (χ3n) is 5.68. The van der Waals surface area contributed by atoms with E-state index in [1.54, 1.807) is 55.5 Å². The summed E-state index contributed by atoms with van der Waals surface area (Å²) >= 11 is 0. The highest BCUT2D eigenvalue weighted by Crippen LogP contribution is 2.44. The lowest BCUT2D eigenvalue weighted by Crippen LogP contribution is -2.09. The van der Waals surface area contributed by atoms with Crippen molar-refractivity contribution in [3.63, 3.8) is 0 Å². The summed E-state index contributed by atoms with van der Waals surface area (Å²) in [6.45, 7) is 1.98. The molecule has 0 aliphatic heterocycles. The Labute approximate surface area is 203 Å². The van der Waals surface area contributed by atoms with Crippen LogP contribution in [0.15, 0.2) is 78.9 Å².